The van der Waals surface area contributed by atoms with Crippen LogP contribution in [-0.2, 0) is 0 Å². The summed E-state index contributed by atoms with van der Waals surface area (Å²) in [5, 5.41) is 9.99. The fourth-order valence-electron chi connectivity index (χ4n) is 3.65. The van der Waals surface area contributed by atoms with E-state index in [1.54, 1.807) is 50.4 Å². The number of nitrogens with zero attached hydrogens (tertiary/aromatic N) is 3. The Bertz CT molecular complexity index is 1380. The zero-order chi connectivity index (χ0) is 21.0. The van der Waals surface area contributed by atoms with Crippen molar-refractivity contribution in [2.24, 2.45) is 0 Å². The molecule has 2 aromatic heterocycles. The van der Waals surface area contributed by atoms with Crippen molar-refractivity contribution in [1.29, 1.82) is 0 Å². The zero-order valence-corrected chi connectivity index (χ0v) is 17.5. The van der Waals surface area contributed by atoms with Crippen LogP contribution >= 0.6 is 22.9 Å². The molecule has 7 nitrogen and oxygen atoms in total. The third-order valence-electron chi connectivity index (χ3n) is 4.96. The van der Waals surface area contributed by atoms with E-state index in [1.165, 1.54) is 16.2 Å². The lowest BCUT2D eigenvalue weighted by Crippen LogP contribution is -2.29. The lowest BCUT2D eigenvalue weighted by Gasteiger charge is -2.22. The minimum atomic E-state index is -0.727. The smallest absolute Gasteiger partial charge is 0.297 e. The molecule has 0 spiro atoms. The third kappa shape index (κ3) is 2.79. The molecule has 0 saturated carbocycles. The average Bonchev–Trinajstić information content (AvgIpc) is 3.30. The minimum Gasteiger partial charge on any atom is -0.497 e. The van der Waals surface area contributed by atoms with Crippen molar-refractivity contribution in [3.8, 4) is 5.75 Å². The van der Waals surface area contributed by atoms with Crippen molar-refractivity contribution in [1.82, 2.24) is 10.2 Å². The first kappa shape index (κ1) is 18.8. The monoisotopic (exact) mass is 439 g/mol. The van der Waals surface area contributed by atoms with Gasteiger partial charge in [0.1, 0.15) is 16.3 Å². The Labute approximate surface area is 179 Å². The van der Waals surface area contributed by atoms with E-state index in [1.807, 2.05) is 6.07 Å². The van der Waals surface area contributed by atoms with Crippen LogP contribution in [0.3, 0.4) is 0 Å². The molecule has 2 aromatic carbocycles. The van der Waals surface area contributed by atoms with E-state index in [9.17, 15) is 9.59 Å². The molecule has 3 heterocycles. The van der Waals surface area contributed by atoms with Gasteiger partial charge in [0.15, 0.2) is 5.43 Å². The molecule has 0 fully saturated rings. The van der Waals surface area contributed by atoms with Gasteiger partial charge in [-0.1, -0.05) is 35.1 Å². The highest BCUT2D eigenvalue weighted by Crippen LogP contribution is 2.42. The van der Waals surface area contributed by atoms with Crippen LogP contribution in [0.2, 0.25) is 5.02 Å². The number of hydrogen-bond acceptors (Lipinski definition) is 7. The highest BCUT2D eigenvalue weighted by Gasteiger charge is 2.45. The molecule has 1 aliphatic heterocycles. The van der Waals surface area contributed by atoms with Gasteiger partial charge in [0.25, 0.3) is 5.91 Å². The molecule has 9 heteroatoms. The summed E-state index contributed by atoms with van der Waals surface area (Å²) < 4.78 is 11.2. The van der Waals surface area contributed by atoms with Crippen LogP contribution in [0.5, 0.6) is 5.75 Å². The van der Waals surface area contributed by atoms with Crippen LogP contribution in [0, 0.1) is 6.92 Å². The van der Waals surface area contributed by atoms with Crippen LogP contribution in [0.15, 0.2) is 51.7 Å². The zero-order valence-electron chi connectivity index (χ0n) is 15.9. The number of benzene rings is 2. The third-order valence-corrected chi connectivity index (χ3v) is 6.04. The van der Waals surface area contributed by atoms with Gasteiger partial charge in [-0.3, -0.25) is 14.5 Å². The molecule has 1 amide bonds. The predicted octanol–water partition coefficient (Wildman–Crippen LogP) is 4.36. The Morgan fingerprint density at radius 3 is 2.73 bits per heavy atom. The van der Waals surface area contributed by atoms with Gasteiger partial charge in [-0.15, -0.1) is 10.2 Å². The van der Waals surface area contributed by atoms with Gasteiger partial charge >= 0.3 is 0 Å². The Kier molecular flexibility index (Phi) is 4.34. The van der Waals surface area contributed by atoms with E-state index in [2.05, 4.69) is 10.2 Å². The molecule has 30 heavy (non-hydrogen) atoms. The Morgan fingerprint density at radius 1 is 1.17 bits per heavy atom. The lowest BCUT2D eigenvalue weighted by molar-refractivity contribution is 0.0970. The molecule has 1 aliphatic rings. The van der Waals surface area contributed by atoms with Crippen LogP contribution in [-0.4, -0.2) is 23.2 Å². The first-order valence-electron chi connectivity index (χ1n) is 9.02. The number of fused-ring (bicyclic) bond motifs is 2. The van der Waals surface area contributed by atoms with Crippen molar-refractivity contribution in [2.45, 2.75) is 13.0 Å². The molecule has 0 aliphatic carbocycles. The number of carbonyl (C=O) groups excluding carboxylic acids is 1. The number of amides is 1. The highest BCUT2D eigenvalue weighted by molar-refractivity contribution is 7.15. The van der Waals surface area contributed by atoms with E-state index in [0.717, 1.165) is 0 Å². The van der Waals surface area contributed by atoms with Crippen molar-refractivity contribution in [3.05, 3.63) is 79.6 Å². The number of ether oxygens (including phenoxy) is 1. The largest absolute Gasteiger partial charge is 0.497 e. The van der Waals surface area contributed by atoms with E-state index < -0.39 is 11.9 Å². The standard InChI is InChI=1S/C21H14ClN3O4S/c1-10-23-24-21(30-10)25-17(11-4-3-5-13(8-11)28-2)16-18(26)14-9-12(22)6-7-15(14)29-19(16)20(25)27/h3-9,17H,1-2H3/t17-/m1/s1. The fourth-order valence-corrected chi connectivity index (χ4v) is 4.54. The first-order chi connectivity index (χ1) is 14.5. The molecule has 0 radical (unpaired) electrons. The van der Waals surface area contributed by atoms with Crippen molar-refractivity contribution in [3.63, 3.8) is 0 Å². The fraction of sp³-hybridized carbons (Fsp3) is 0.143. The Morgan fingerprint density at radius 2 is 2.00 bits per heavy atom. The summed E-state index contributed by atoms with van der Waals surface area (Å²) in [6, 6.07) is 11.2. The van der Waals surface area contributed by atoms with E-state index >= 15 is 0 Å². The maximum atomic E-state index is 13.5. The van der Waals surface area contributed by atoms with Crippen molar-refractivity contribution >= 4 is 44.9 Å². The predicted molar refractivity (Wildman–Crippen MR) is 114 cm³/mol. The van der Waals surface area contributed by atoms with Crippen molar-refractivity contribution < 1.29 is 13.9 Å². The van der Waals surface area contributed by atoms with Crippen LogP contribution < -0.4 is 15.1 Å². The van der Waals surface area contributed by atoms with Crippen LogP contribution in [0.4, 0.5) is 5.13 Å². The molecule has 4 aromatic rings. The number of methoxy groups -OCH3 is 1. The summed E-state index contributed by atoms with van der Waals surface area (Å²) in [6.07, 6.45) is 0. The number of carbonyl (C=O) groups is 1. The maximum absolute atomic E-state index is 13.5. The van der Waals surface area contributed by atoms with E-state index in [4.69, 9.17) is 20.8 Å². The van der Waals surface area contributed by atoms with E-state index in [-0.39, 0.29) is 16.8 Å². The summed E-state index contributed by atoms with van der Waals surface area (Å²) in [5.74, 6) is 0.161. The molecule has 5 rings (SSSR count). The molecule has 0 bridgehead atoms. The number of aryl methyl sites for hydroxylation is 1. The normalized spacial score (nSPS) is 15.6. The maximum Gasteiger partial charge on any atom is 0.297 e. The van der Waals surface area contributed by atoms with Gasteiger partial charge in [0.2, 0.25) is 10.9 Å². The van der Waals surface area contributed by atoms with Gasteiger partial charge in [-0.05, 0) is 42.8 Å². The number of halogens is 1. The van der Waals surface area contributed by atoms with Crippen LogP contribution in [0.1, 0.15) is 32.7 Å². The summed E-state index contributed by atoms with van der Waals surface area (Å²) in [4.78, 5) is 28.3. The SMILES string of the molecule is COc1cccc([C@@H]2c3c(oc4ccc(Cl)cc4c3=O)C(=O)N2c2nnc(C)s2)c1. The van der Waals surface area contributed by atoms with E-state index in [0.29, 0.717) is 37.4 Å². The topological polar surface area (TPSA) is 85.5 Å². The molecular weight excluding hydrogens is 426 g/mol. The molecular formula is C21H14ClN3O4S. The molecule has 1 atom stereocenters. The average molecular weight is 440 g/mol. The summed E-state index contributed by atoms with van der Waals surface area (Å²) in [7, 11) is 1.56. The van der Waals surface area contributed by atoms with Gasteiger partial charge in [0, 0.05) is 5.02 Å². The minimum absolute atomic E-state index is 0.00417. The Hall–Kier alpha value is -3.23. The Balaban J connectivity index is 1.83. The number of hydrogen-bond donors (Lipinski definition) is 0. The van der Waals surface area contributed by atoms with Gasteiger partial charge in [0.05, 0.1) is 24.1 Å². The lowest BCUT2D eigenvalue weighted by atomic mass is 9.98. The van der Waals surface area contributed by atoms with Crippen molar-refractivity contribution in [2.75, 3.05) is 12.0 Å². The summed E-state index contributed by atoms with van der Waals surface area (Å²) in [5.41, 5.74) is 0.939. The van der Waals surface area contributed by atoms with Crippen LogP contribution in [0.25, 0.3) is 11.0 Å². The second-order valence-electron chi connectivity index (χ2n) is 6.77. The van der Waals surface area contributed by atoms with Gasteiger partial charge in [-0.2, -0.15) is 0 Å². The molecule has 0 N–H and O–H groups in total. The summed E-state index contributed by atoms with van der Waals surface area (Å²) >= 11 is 7.37. The number of aromatic nitrogens is 2. The number of anilines is 1. The molecule has 0 unspecified atom stereocenters. The second-order valence-corrected chi connectivity index (χ2v) is 8.37. The number of rotatable bonds is 3. The second kappa shape index (κ2) is 6.93. The quantitative estimate of drug-likeness (QED) is 0.471. The molecule has 0 saturated heterocycles. The van der Waals surface area contributed by atoms with Gasteiger partial charge < -0.3 is 9.15 Å². The first-order valence-corrected chi connectivity index (χ1v) is 10.2. The molecule has 150 valence electrons. The summed E-state index contributed by atoms with van der Waals surface area (Å²) in [6.45, 7) is 1.80. The van der Waals surface area contributed by atoms with Gasteiger partial charge in [-0.25, -0.2) is 0 Å². The highest BCUT2D eigenvalue weighted by atomic mass is 35.5.